The number of rotatable bonds is 4. The molecular weight excluding hydrogens is 282 g/mol. The fourth-order valence-corrected chi connectivity index (χ4v) is 2.72. The number of methoxy groups -OCH3 is 1. The fourth-order valence-electron chi connectivity index (χ4n) is 2.72. The summed E-state index contributed by atoms with van der Waals surface area (Å²) in [5.74, 6) is 1.67. The number of anilines is 1. The van der Waals surface area contributed by atoms with E-state index >= 15 is 0 Å². The van der Waals surface area contributed by atoms with Crippen molar-refractivity contribution < 1.29 is 14.0 Å². The topological polar surface area (TPSA) is 73.8 Å². The SMILES string of the molecule is COc1c(OC2CCN(C)CC2)cccc1-c1cc(N)on1. The van der Waals surface area contributed by atoms with Gasteiger partial charge in [0.2, 0.25) is 5.88 Å². The van der Waals surface area contributed by atoms with Gasteiger partial charge >= 0.3 is 0 Å². The van der Waals surface area contributed by atoms with Crippen molar-refractivity contribution in [2.24, 2.45) is 0 Å². The van der Waals surface area contributed by atoms with Crippen molar-refractivity contribution in [2.45, 2.75) is 18.9 Å². The summed E-state index contributed by atoms with van der Waals surface area (Å²) >= 11 is 0. The molecule has 2 heterocycles. The van der Waals surface area contributed by atoms with E-state index in [1.165, 1.54) is 0 Å². The molecule has 1 saturated heterocycles. The summed E-state index contributed by atoms with van der Waals surface area (Å²) in [5.41, 5.74) is 7.06. The van der Waals surface area contributed by atoms with Crippen LogP contribution in [0.3, 0.4) is 0 Å². The largest absolute Gasteiger partial charge is 0.492 e. The van der Waals surface area contributed by atoms with Crippen LogP contribution in [0.4, 0.5) is 5.88 Å². The van der Waals surface area contributed by atoms with Gasteiger partial charge in [-0.3, -0.25) is 0 Å². The molecule has 22 heavy (non-hydrogen) atoms. The number of likely N-dealkylation sites (tertiary alicyclic amines) is 1. The Morgan fingerprint density at radius 3 is 2.73 bits per heavy atom. The fraction of sp³-hybridized carbons (Fsp3) is 0.438. The lowest BCUT2D eigenvalue weighted by molar-refractivity contribution is 0.111. The monoisotopic (exact) mass is 303 g/mol. The molecule has 0 atom stereocenters. The van der Waals surface area contributed by atoms with Gasteiger partial charge in [0.1, 0.15) is 11.8 Å². The lowest BCUT2D eigenvalue weighted by Crippen LogP contribution is -2.35. The standard InChI is InChI=1S/C16H21N3O3/c1-19-8-6-11(7-9-19)21-14-5-3-4-12(16(14)20-2)13-10-15(17)22-18-13/h3-5,10-11H,6-9,17H2,1-2H3. The van der Waals surface area contributed by atoms with Gasteiger partial charge in [-0.05, 0) is 32.0 Å². The summed E-state index contributed by atoms with van der Waals surface area (Å²) in [5, 5.41) is 3.95. The van der Waals surface area contributed by atoms with Crippen LogP contribution in [0.1, 0.15) is 12.8 Å². The summed E-state index contributed by atoms with van der Waals surface area (Å²) in [6, 6.07) is 7.44. The van der Waals surface area contributed by atoms with Gasteiger partial charge in [-0.2, -0.15) is 0 Å². The molecule has 6 heteroatoms. The zero-order chi connectivity index (χ0) is 15.5. The first-order valence-corrected chi connectivity index (χ1v) is 7.42. The van der Waals surface area contributed by atoms with Crippen LogP contribution in [-0.4, -0.2) is 43.4 Å². The van der Waals surface area contributed by atoms with Crippen molar-refractivity contribution in [3.8, 4) is 22.8 Å². The van der Waals surface area contributed by atoms with Gasteiger partial charge in [0, 0.05) is 24.7 Å². The van der Waals surface area contributed by atoms with E-state index in [2.05, 4.69) is 17.1 Å². The Bertz CT molecular complexity index is 633. The van der Waals surface area contributed by atoms with Crippen LogP contribution in [0, 0.1) is 0 Å². The van der Waals surface area contributed by atoms with Crippen LogP contribution in [-0.2, 0) is 0 Å². The number of piperidine rings is 1. The van der Waals surface area contributed by atoms with Crippen molar-refractivity contribution >= 4 is 5.88 Å². The normalized spacial score (nSPS) is 16.6. The van der Waals surface area contributed by atoms with E-state index < -0.39 is 0 Å². The molecule has 1 aromatic heterocycles. The third-order valence-electron chi connectivity index (χ3n) is 3.95. The molecule has 2 N–H and O–H groups in total. The lowest BCUT2D eigenvalue weighted by Gasteiger charge is -2.29. The van der Waals surface area contributed by atoms with Crippen molar-refractivity contribution in [3.05, 3.63) is 24.3 Å². The molecule has 118 valence electrons. The van der Waals surface area contributed by atoms with E-state index in [1.807, 2.05) is 18.2 Å². The smallest absolute Gasteiger partial charge is 0.222 e. The third-order valence-corrected chi connectivity index (χ3v) is 3.95. The second-order valence-corrected chi connectivity index (χ2v) is 5.57. The van der Waals surface area contributed by atoms with E-state index in [9.17, 15) is 0 Å². The van der Waals surface area contributed by atoms with E-state index in [0.717, 1.165) is 37.2 Å². The number of benzene rings is 1. The second kappa shape index (κ2) is 6.27. The maximum Gasteiger partial charge on any atom is 0.222 e. The first kappa shape index (κ1) is 14.7. The highest BCUT2D eigenvalue weighted by molar-refractivity contribution is 5.72. The van der Waals surface area contributed by atoms with Crippen LogP contribution < -0.4 is 15.2 Å². The van der Waals surface area contributed by atoms with Gasteiger partial charge in [0.15, 0.2) is 11.5 Å². The number of para-hydroxylation sites is 1. The van der Waals surface area contributed by atoms with Crippen LogP contribution in [0.15, 0.2) is 28.8 Å². The predicted octanol–water partition coefficient (Wildman–Crippen LogP) is 2.41. The maximum atomic E-state index is 6.15. The Balaban J connectivity index is 1.85. The van der Waals surface area contributed by atoms with Crippen molar-refractivity contribution in [1.82, 2.24) is 10.1 Å². The van der Waals surface area contributed by atoms with E-state index in [1.54, 1.807) is 13.2 Å². The number of aromatic nitrogens is 1. The summed E-state index contributed by atoms with van der Waals surface area (Å²) in [6.45, 7) is 2.10. The van der Waals surface area contributed by atoms with Gasteiger partial charge in [-0.15, -0.1) is 0 Å². The van der Waals surface area contributed by atoms with Gasteiger partial charge in [-0.25, -0.2) is 0 Å². The molecule has 1 fully saturated rings. The first-order chi connectivity index (χ1) is 10.7. The number of nitrogens with two attached hydrogens (primary N) is 1. The Kier molecular flexibility index (Phi) is 4.20. The summed E-state index contributed by atoms with van der Waals surface area (Å²) in [7, 11) is 3.76. The Labute approximate surface area is 129 Å². The predicted molar refractivity (Wildman–Crippen MR) is 84.1 cm³/mol. The molecule has 0 radical (unpaired) electrons. The molecule has 3 rings (SSSR count). The highest BCUT2D eigenvalue weighted by Gasteiger charge is 2.21. The molecule has 2 aromatic rings. The second-order valence-electron chi connectivity index (χ2n) is 5.57. The third kappa shape index (κ3) is 3.01. The van der Waals surface area contributed by atoms with Crippen molar-refractivity contribution in [2.75, 3.05) is 33.0 Å². The number of hydrogen-bond donors (Lipinski definition) is 1. The molecule has 6 nitrogen and oxygen atoms in total. The molecule has 1 aromatic carbocycles. The Morgan fingerprint density at radius 1 is 1.32 bits per heavy atom. The zero-order valence-corrected chi connectivity index (χ0v) is 12.9. The molecule has 1 aliphatic rings. The molecule has 0 saturated carbocycles. The number of nitrogen functional groups attached to an aromatic ring is 1. The van der Waals surface area contributed by atoms with Gasteiger partial charge in [0.05, 0.1) is 7.11 Å². The number of ether oxygens (including phenoxy) is 2. The highest BCUT2D eigenvalue weighted by atomic mass is 16.5. The average Bonchev–Trinajstić information content (AvgIpc) is 2.96. The first-order valence-electron chi connectivity index (χ1n) is 7.42. The van der Waals surface area contributed by atoms with E-state index in [4.69, 9.17) is 19.7 Å². The minimum atomic E-state index is 0.211. The van der Waals surface area contributed by atoms with Crippen LogP contribution in [0.5, 0.6) is 11.5 Å². The molecular formula is C16H21N3O3. The minimum absolute atomic E-state index is 0.211. The highest BCUT2D eigenvalue weighted by Crippen LogP contribution is 2.38. The van der Waals surface area contributed by atoms with Crippen molar-refractivity contribution in [1.29, 1.82) is 0 Å². The molecule has 1 aliphatic heterocycles. The number of hydrogen-bond acceptors (Lipinski definition) is 6. The van der Waals surface area contributed by atoms with Crippen LogP contribution in [0.2, 0.25) is 0 Å². The molecule has 0 bridgehead atoms. The lowest BCUT2D eigenvalue weighted by atomic mass is 10.1. The van der Waals surface area contributed by atoms with E-state index in [0.29, 0.717) is 11.4 Å². The van der Waals surface area contributed by atoms with Gasteiger partial charge in [-0.1, -0.05) is 11.2 Å². The van der Waals surface area contributed by atoms with E-state index in [-0.39, 0.29) is 12.0 Å². The Hall–Kier alpha value is -2.21. The minimum Gasteiger partial charge on any atom is -0.492 e. The zero-order valence-electron chi connectivity index (χ0n) is 12.9. The number of nitrogens with zero attached hydrogens (tertiary/aromatic N) is 2. The maximum absolute atomic E-state index is 6.15. The summed E-state index contributed by atoms with van der Waals surface area (Å²) < 4.78 is 16.6. The molecule has 0 unspecified atom stereocenters. The summed E-state index contributed by atoms with van der Waals surface area (Å²) in [4.78, 5) is 2.31. The molecule has 0 spiro atoms. The quantitative estimate of drug-likeness (QED) is 0.935. The molecule has 0 amide bonds. The summed E-state index contributed by atoms with van der Waals surface area (Å²) in [6.07, 6.45) is 2.24. The Morgan fingerprint density at radius 2 is 2.09 bits per heavy atom. The average molecular weight is 303 g/mol. The van der Waals surface area contributed by atoms with Gasteiger partial charge < -0.3 is 24.6 Å². The molecule has 0 aliphatic carbocycles. The van der Waals surface area contributed by atoms with Crippen molar-refractivity contribution in [3.63, 3.8) is 0 Å². The van der Waals surface area contributed by atoms with Crippen LogP contribution >= 0.6 is 0 Å². The van der Waals surface area contributed by atoms with Crippen LogP contribution in [0.25, 0.3) is 11.3 Å². The van der Waals surface area contributed by atoms with Gasteiger partial charge in [0.25, 0.3) is 0 Å².